The Morgan fingerprint density at radius 2 is 1.50 bits per heavy atom. The molecule has 2 aromatic rings. The Hall–Kier alpha value is -2.33. The van der Waals surface area contributed by atoms with Gasteiger partial charge in [0, 0.05) is 12.7 Å². The number of rotatable bonds is 5. The number of nitrogens with zero attached hydrogens (tertiary/aromatic N) is 1. The minimum atomic E-state index is -0.296. The van der Waals surface area contributed by atoms with Gasteiger partial charge in [-0.2, -0.15) is 0 Å². The van der Waals surface area contributed by atoms with Crippen molar-refractivity contribution in [3.05, 3.63) is 65.2 Å². The average Bonchev–Trinajstić information content (AvgIpc) is 2.55. The Morgan fingerprint density at radius 1 is 1.00 bits per heavy atom. The summed E-state index contributed by atoms with van der Waals surface area (Å²) < 4.78 is 0. The molecule has 1 N–H and O–H groups in total. The van der Waals surface area contributed by atoms with E-state index in [1.54, 1.807) is 7.05 Å². The summed E-state index contributed by atoms with van der Waals surface area (Å²) >= 11 is 0. The quantitative estimate of drug-likeness (QED) is 0.853. The number of benzene rings is 2. The fourth-order valence-electron chi connectivity index (χ4n) is 2.08. The molecular formula is C18H22N2O2. The SMILES string of the molecule is CON(C)C(=O)Nc1ccc(CCc2ccc(C)cc2)cc1. The van der Waals surface area contributed by atoms with Crippen LogP contribution in [0.4, 0.5) is 10.5 Å². The van der Waals surface area contributed by atoms with Crippen LogP contribution in [0.3, 0.4) is 0 Å². The minimum absolute atomic E-state index is 0.296. The highest BCUT2D eigenvalue weighted by molar-refractivity contribution is 5.88. The molecule has 2 amide bonds. The van der Waals surface area contributed by atoms with E-state index < -0.39 is 0 Å². The molecule has 2 rings (SSSR count). The van der Waals surface area contributed by atoms with Crippen LogP contribution in [0, 0.1) is 6.92 Å². The van der Waals surface area contributed by atoms with Crippen molar-refractivity contribution in [3.63, 3.8) is 0 Å². The monoisotopic (exact) mass is 298 g/mol. The smallest absolute Gasteiger partial charge is 0.306 e. The molecule has 0 spiro atoms. The second-order valence-electron chi connectivity index (χ2n) is 5.29. The van der Waals surface area contributed by atoms with Gasteiger partial charge in [-0.1, -0.05) is 42.0 Å². The number of urea groups is 1. The Kier molecular flexibility index (Phi) is 5.55. The maximum atomic E-state index is 11.7. The Labute approximate surface area is 131 Å². The molecule has 2 aromatic carbocycles. The van der Waals surface area contributed by atoms with E-state index in [-0.39, 0.29) is 6.03 Å². The van der Waals surface area contributed by atoms with E-state index in [4.69, 9.17) is 4.84 Å². The number of hydrogen-bond acceptors (Lipinski definition) is 2. The molecule has 0 bridgehead atoms. The van der Waals surface area contributed by atoms with Gasteiger partial charge in [0.2, 0.25) is 0 Å². The van der Waals surface area contributed by atoms with Crippen molar-refractivity contribution in [2.24, 2.45) is 0 Å². The Balaban J connectivity index is 1.89. The molecule has 4 nitrogen and oxygen atoms in total. The summed E-state index contributed by atoms with van der Waals surface area (Å²) in [6.45, 7) is 2.10. The zero-order valence-corrected chi connectivity index (χ0v) is 13.3. The van der Waals surface area contributed by atoms with Crippen LogP contribution in [0.15, 0.2) is 48.5 Å². The van der Waals surface area contributed by atoms with Gasteiger partial charge in [-0.25, -0.2) is 9.86 Å². The molecule has 0 atom stereocenters. The van der Waals surface area contributed by atoms with Crippen molar-refractivity contribution in [3.8, 4) is 0 Å². The van der Waals surface area contributed by atoms with Gasteiger partial charge in [0.25, 0.3) is 0 Å². The lowest BCUT2D eigenvalue weighted by atomic mass is 10.0. The highest BCUT2D eigenvalue weighted by Crippen LogP contribution is 2.13. The van der Waals surface area contributed by atoms with E-state index in [2.05, 4.69) is 36.5 Å². The van der Waals surface area contributed by atoms with Gasteiger partial charge in [0.05, 0.1) is 7.11 Å². The molecular weight excluding hydrogens is 276 g/mol. The number of anilines is 1. The van der Waals surface area contributed by atoms with Crippen molar-refractivity contribution in [1.82, 2.24) is 5.06 Å². The van der Waals surface area contributed by atoms with Gasteiger partial charge < -0.3 is 5.32 Å². The van der Waals surface area contributed by atoms with Crippen LogP contribution in [0.2, 0.25) is 0 Å². The van der Waals surface area contributed by atoms with E-state index in [9.17, 15) is 4.79 Å². The molecule has 4 heteroatoms. The molecule has 0 saturated heterocycles. The number of carbonyl (C=O) groups excluding carboxylic acids is 1. The van der Waals surface area contributed by atoms with Crippen LogP contribution in [0.25, 0.3) is 0 Å². The number of carbonyl (C=O) groups is 1. The molecule has 0 aromatic heterocycles. The summed E-state index contributed by atoms with van der Waals surface area (Å²) in [5.74, 6) is 0. The minimum Gasteiger partial charge on any atom is -0.306 e. The van der Waals surface area contributed by atoms with Crippen LogP contribution in [-0.2, 0) is 17.7 Å². The van der Waals surface area contributed by atoms with Crippen molar-refractivity contribution in [1.29, 1.82) is 0 Å². The number of nitrogens with one attached hydrogen (secondary N) is 1. The first-order chi connectivity index (χ1) is 10.6. The molecule has 0 aliphatic rings. The Bertz CT molecular complexity index is 606. The first-order valence-electron chi connectivity index (χ1n) is 7.32. The predicted octanol–water partition coefficient (Wildman–Crippen LogP) is 3.81. The maximum absolute atomic E-state index is 11.7. The van der Waals surface area contributed by atoms with Crippen molar-refractivity contribution >= 4 is 11.7 Å². The van der Waals surface area contributed by atoms with Crippen molar-refractivity contribution in [2.45, 2.75) is 19.8 Å². The molecule has 0 fully saturated rings. The fourth-order valence-corrected chi connectivity index (χ4v) is 2.08. The predicted molar refractivity (Wildman–Crippen MR) is 88.8 cm³/mol. The van der Waals surface area contributed by atoms with Gasteiger partial charge >= 0.3 is 6.03 Å². The zero-order valence-electron chi connectivity index (χ0n) is 13.3. The third-order valence-corrected chi connectivity index (χ3v) is 3.59. The first kappa shape index (κ1) is 16.0. The largest absolute Gasteiger partial charge is 0.345 e. The summed E-state index contributed by atoms with van der Waals surface area (Å²) in [6, 6.07) is 16.2. The van der Waals surface area contributed by atoms with Gasteiger partial charge in [-0.3, -0.25) is 4.84 Å². The zero-order chi connectivity index (χ0) is 15.9. The van der Waals surface area contributed by atoms with E-state index in [0.29, 0.717) is 0 Å². The average molecular weight is 298 g/mol. The Morgan fingerprint density at radius 3 is 2.00 bits per heavy atom. The molecule has 116 valence electrons. The highest BCUT2D eigenvalue weighted by Gasteiger charge is 2.07. The van der Waals surface area contributed by atoms with E-state index in [1.807, 2.05) is 24.3 Å². The normalized spacial score (nSPS) is 10.3. The summed E-state index contributed by atoms with van der Waals surface area (Å²) in [4.78, 5) is 16.5. The summed E-state index contributed by atoms with van der Waals surface area (Å²) in [5.41, 5.74) is 4.63. The molecule has 0 aliphatic carbocycles. The van der Waals surface area contributed by atoms with Crippen LogP contribution in [0.5, 0.6) is 0 Å². The van der Waals surface area contributed by atoms with Gasteiger partial charge in [0.1, 0.15) is 0 Å². The van der Waals surface area contributed by atoms with E-state index in [0.717, 1.165) is 23.6 Å². The second-order valence-corrected chi connectivity index (χ2v) is 5.29. The van der Waals surface area contributed by atoms with Crippen molar-refractivity contribution < 1.29 is 9.63 Å². The third-order valence-electron chi connectivity index (χ3n) is 3.59. The molecule has 0 heterocycles. The van der Waals surface area contributed by atoms with Crippen LogP contribution < -0.4 is 5.32 Å². The van der Waals surface area contributed by atoms with Gasteiger partial charge in [0.15, 0.2) is 0 Å². The summed E-state index contributed by atoms with van der Waals surface area (Å²) in [6.07, 6.45) is 1.99. The van der Waals surface area contributed by atoms with Gasteiger partial charge in [-0.15, -0.1) is 0 Å². The molecule has 22 heavy (non-hydrogen) atoms. The van der Waals surface area contributed by atoms with Crippen LogP contribution in [-0.4, -0.2) is 25.3 Å². The number of hydrogen-bond donors (Lipinski definition) is 1. The molecule has 0 saturated carbocycles. The van der Waals surface area contributed by atoms with Crippen molar-refractivity contribution in [2.75, 3.05) is 19.5 Å². The molecule has 0 unspecified atom stereocenters. The molecule has 0 aliphatic heterocycles. The number of hydroxylamine groups is 2. The van der Waals surface area contributed by atoms with Crippen LogP contribution in [0.1, 0.15) is 16.7 Å². The lowest BCUT2D eigenvalue weighted by molar-refractivity contribution is -0.0598. The topological polar surface area (TPSA) is 41.6 Å². The second kappa shape index (κ2) is 7.61. The lowest BCUT2D eigenvalue weighted by Gasteiger charge is -2.14. The van der Waals surface area contributed by atoms with Gasteiger partial charge in [-0.05, 0) is 43.0 Å². The van der Waals surface area contributed by atoms with E-state index in [1.165, 1.54) is 23.8 Å². The standard InChI is InChI=1S/C18H22N2O2/c1-14-4-6-15(7-5-14)8-9-16-10-12-17(13-11-16)19-18(21)20(2)22-3/h4-7,10-13H,8-9H2,1-3H3,(H,19,21). The molecule has 0 radical (unpaired) electrons. The first-order valence-corrected chi connectivity index (χ1v) is 7.32. The third kappa shape index (κ3) is 4.60. The maximum Gasteiger partial charge on any atom is 0.345 e. The summed E-state index contributed by atoms with van der Waals surface area (Å²) in [7, 11) is 3.01. The van der Waals surface area contributed by atoms with Crippen LogP contribution >= 0.6 is 0 Å². The highest BCUT2D eigenvalue weighted by atomic mass is 16.7. The summed E-state index contributed by atoms with van der Waals surface area (Å²) in [5, 5.41) is 3.91. The van der Waals surface area contributed by atoms with E-state index >= 15 is 0 Å². The number of amides is 2. The number of aryl methyl sites for hydroxylation is 3. The fraction of sp³-hybridized carbons (Fsp3) is 0.278. The lowest BCUT2D eigenvalue weighted by Crippen LogP contribution is -2.30.